The molecule has 2 aromatic carbocycles. The monoisotopic (exact) mass is 624 g/mol. The Morgan fingerprint density at radius 3 is 2.74 bits per heavy atom. The van der Waals surface area contributed by atoms with E-state index in [1.165, 1.54) is 24.0 Å². The summed E-state index contributed by atoms with van der Waals surface area (Å²) in [6, 6.07) is 11.7. The Balaban J connectivity index is 1.43. The molecule has 43 heavy (non-hydrogen) atoms. The van der Waals surface area contributed by atoms with Gasteiger partial charge in [-0.05, 0) is 117 Å². The van der Waals surface area contributed by atoms with Crippen molar-refractivity contribution in [1.29, 1.82) is 0 Å². The van der Waals surface area contributed by atoms with Crippen molar-refractivity contribution in [2.24, 2.45) is 23.7 Å². The van der Waals surface area contributed by atoms with Crippen LogP contribution in [0.5, 0.6) is 5.75 Å². The van der Waals surface area contributed by atoms with Crippen molar-refractivity contribution < 1.29 is 17.9 Å². The summed E-state index contributed by atoms with van der Waals surface area (Å²) in [6.07, 6.45) is 13.0. The maximum absolute atomic E-state index is 13.4. The van der Waals surface area contributed by atoms with E-state index in [4.69, 9.17) is 16.3 Å². The Kier molecular flexibility index (Phi) is 8.60. The highest BCUT2D eigenvalue weighted by molar-refractivity contribution is 7.90. The first-order chi connectivity index (χ1) is 20.6. The van der Waals surface area contributed by atoms with Crippen LogP contribution >= 0.6 is 11.6 Å². The molecule has 1 N–H and O–H groups in total. The fourth-order valence-electron chi connectivity index (χ4n) is 7.96. The number of benzene rings is 2. The number of fused-ring (bicyclic) bond motifs is 4. The Labute approximate surface area is 262 Å². The lowest BCUT2D eigenvalue weighted by atomic mass is 9.65. The predicted octanol–water partition coefficient (Wildman–Crippen LogP) is 7.30. The number of hydrogen-bond donors (Lipinski definition) is 1. The topological polar surface area (TPSA) is 75.7 Å². The molecule has 2 heterocycles. The molecule has 0 aromatic heterocycles. The fourth-order valence-corrected chi connectivity index (χ4v) is 9.44. The van der Waals surface area contributed by atoms with Crippen LogP contribution in [0, 0.1) is 23.7 Å². The van der Waals surface area contributed by atoms with E-state index >= 15 is 0 Å². The minimum Gasteiger partial charge on any atom is -0.490 e. The minimum atomic E-state index is -3.86. The summed E-state index contributed by atoms with van der Waals surface area (Å²) in [7, 11) is -3.86. The van der Waals surface area contributed by atoms with Gasteiger partial charge in [0.15, 0.2) is 0 Å². The Morgan fingerprint density at radius 1 is 1.14 bits per heavy atom. The lowest BCUT2D eigenvalue weighted by Gasteiger charge is -2.46. The van der Waals surface area contributed by atoms with Gasteiger partial charge in [0, 0.05) is 29.1 Å². The molecule has 1 fully saturated rings. The van der Waals surface area contributed by atoms with E-state index < -0.39 is 21.2 Å². The number of carbonyl (C=O) groups excluding carboxylic acids is 1. The number of hydrogen-bond acceptors (Lipinski definition) is 5. The second-order valence-corrected chi connectivity index (χ2v) is 16.0. The Morgan fingerprint density at radius 2 is 1.98 bits per heavy atom. The maximum Gasteiger partial charge on any atom is 0.264 e. The number of sulfonamides is 1. The molecular weight excluding hydrogens is 580 g/mol. The summed E-state index contributed by atoms with van der Waals surface area (Å²) >= 11 is 6.43. The number of nitrogens with zero attached hydrogens (tertiary/aromatic N) is 1. The smallest absolute Gasteiger partial charge is 0.264 e. The highest BCUT2D eigenvalue weighted by Crippen LogP contribution is 2.48. The molecule has 1 spiro atoms. The molecule has 1 amide bonds. The standard InChI is InChI=1S/C35H45ClN2O4S/c1-4-7-25-9-5-8-23(2)24(3)43(40,41)37-34(39)27-12-16-33-32(19-27)38(20-28-11-14-30(25)28)21-35(22-42-33)17-6-10-26-18-29(36)13-15-31(26)35/h5,9,12-13,15-16,18-19,23-25,28,30H,4,6-8,10-11,14,17,20-22H2,1-3H3,(H,37,39)/b9-5+/t23-,24+,25-,28-,30-,35-/m0/s1. The van der Waals surface area contributed by atoms with Crippen molar-refractivity contribution in [3.63, 3.8) is 0 Å². The zero-order valence-electron chi connectivity index (χ0n) is 25.7. The molecule has 0 unspecified atom stereocenters. The van der Waals surface area contributed by atoms with E-state index in [9.17, 15) is 13.2 Å². The third kappa shape index (κ3) is 5.96. The van der Waals surface area contributed by atoms with Gasteiger partial charge in [-0.3, -0.25) is 4.79 Å². The van der Waals surface area contributed by atoms with Gasteiger partial charge in [0.25, 0.3) is 5.91 Å². The lowest BCUT2D eigenvalue weighted by Crippen LogP contribution is -2.49. The summed E-state index contributed by atoms with van der Waals surface area (Å²) in [6.45, 7) is 8.12. The van der Waals surface area contributed by atoms with E-state index in [0.717, 1.165) is 61.7 Å². The zero-order valence-corrected chi connectivity index (χ0v) is 27.2. The molecule has 6 rings (SSSR count). The first-order valence-electron chi connectivity index (χ1n) is 16.1. The third-order valence-electron chi connectivity index (χ3n) is 10.8. The summed E-state index contributed by atoms with van der Waals surface area (Å²) in [4.78, 5) is 15.9. The molecular formula is C35H45ClN2O4S. The van der Waals surface area contributed by atoms with Crippen LogP contribution in [0.25, 0.3) is 0 Å². The second kappa shape index (κ2) is 12.1. The van der Waals surface area contributed by atoms with Crippen molar-refractivity contribution in [3.8, 4) is 5.75 Å². The first-order valence-corrected chi connectivity index (χ1v) is 18.1. The van der Waals surface area contributed by atoms with Crippen molar-refractivity contribution in [3.05, 3.63) is 70.3 Å². The van der Waals surface area contributed by atoms with Crippen LogP contribution in [0.4, 0.5) is 5.69 Å². The number of allylic oxidation sites excluding steroid dienone is 2. The van der Waals surface area contributed by atoms with Gasteiger partial charge in [-0.1, -0.05) is 50.1 Å². The molecule has 8 heteroatoms. The summed E-state index contributed by atoms with van der Waals surface area (Å²) in [5, 5.41) is 0.0655. The zero-order chi connectivity index (χ0) is 30.4. The van der Waals surface area contributed by atoms with Crippen LogP contribution in [-0.2, 0) is 21.9 Å². The summed E-state index contributed by atoms with van der Waals surface area (Å²) < 4.78 is 35.5. The van der Waals surface area contributed by atoms with Crippen molar-refractivity contribution in [1.82, 2.24) is 4.72 Å². The number of nitrogens with one attached hydrogen (secondary N) is 1. The van der Waals surface area contributed by atoms with Crippen LogP contribution in [0.15, 0.2) is 48.6 Å². The number of anilines is 1. The molecule has 2 bridgehead atoms. The Hall–Kier alpha value is -2.51. The number of rotatable bonds is 2. The number of ether oxygens (including phenoxy) is 1. The highest BCUT2D eigenvalue weighted by Gasteiger charge is 2.44. The maximum atomic E-state index is 13.4. The van der Waals surface area contributed by atoms with E-state index in [1.54, 1.807) is 13.0 Å². The summed E-state index contributed by atoms with van der Waals surface area (Å²) in [5.41, 5.74) is 3.63. The largest absolute Gasteiger partial charge is 0.490 e. The van der Waals surface area contributed by atoms with Crippen LogP contribution in [0.3, 0.4) is 0 Å². The van der Waals surface area contributed by atoms with Crippen molar-refractivity contribution >= 4 is 33.2 Å². The van der Waals surface area contributed by atoms with Gasteiger partial charge in [-0.15, -0.1) is 0 Å². The van der Waals surface area contributed by atoms with Gasteiger partial charge in [-0.2, -0.15) is 0 Å². The molecule has 0 saturated heterocycles. The number of aryl methyl sites for hydroxylation is 1. The van der Waals surface area contributed by atoms with Crippen molar-refractivity contribution in [2.45, 2.75) is 82.8 Å². The van der Waals surface area contributed by atoms with E-state index in [0.29, 0.717) is 36.3 Å². The predicted molar refractivity (Wildman–Crippen MR) is 174 cm³/mol. The normalized spacial score (nSPS) is 32.8. The van der Waals surface area contributed by atoms with E-state index in [1.807, 2.05) is 25.1 Å². The van der Waals surface area contributed by atoms with Crippen LogP contribution in [0.1, 0.15) is 87.2 Å². The molecule has 4 aliphatic rings. The van der Waals surface area contributed by atoms with Gasteiger partial charge in [-0.25, -0.2) is 13.1 Å². The van der Waals surface area contributed by atoms with E-state index in [2.05, 4.69) is 40.8 Å². The fraction of sp³-hybridized carbons (Fsp3) is 0.571. The van der Waals surface area contributed by atoms with Gasteiger partial charge in [0.2, 0.25) is 10.0 Å². The molecule has 1 saturated carbocycles. The quantitative estimate of drug-likeness (QED) is 0.355. The number of carbonyl (C=O) groups is 1. The highest BCUT2D eigenvalue weighted by atomic mass is 35.5. The minimum absolute atomic E-state index is 0.116. The van der Waals surface area contributed by atoms with Gasteiger partial charge >= 0.3 is 0 Å². The first kappa shape index (κ1) is 30.5. The number of halogens is 1. The van der Waals surface area contributed by atoms with Crippen molar-refractivity contribution in [2.75, 3.05) is 24.6 Å². The average Bonchev–Trinajstić information content (AvgIpc) is 3.11. The molecule has 2 aromatic rings. The van der Waals surface area contributed by atoms with E-state index in [-0.39, 0.29) is 11.3 Å². The molecule has 0 radical (unpaired) electrons. The van der Waals surface area contributed by atoms with Crippen LogP contribution in [-0.4, -0.2) is 39.3 Å². The summed E-state index contributed by atoms with van der Waals surface area (Å²) in [5.74, 6) is 1.66. The average molecular weight is 625 g/mol. The molecule has 232 valence electrons. The Bertz CT molecular complexity index is 1510. The third-order valence-corrected chi connectivity index (χ3v) is 13.0. The molecule has 2 aliphatic carbocycles. The van der Waals surface area contributed by atoms with Crippen LogP contribution in [0.2, 0.25) is 5.02 Å². The van der Waals surface area contributed by atoms with Gasteiger partial charge < -0.3 is 9.64 Å². The number of amides is 1. The second-order valence-electron chi connectivity index (χ2n) is 13.6. The SMILES string of the molecule is CCC[C@H]1/C=C/C[C@H](C)[C@@H](C)S(=O)(=O)NC(=O)c2ccc3c(c2)N(C[C@@H]2CC[C@H]21)C[C@@]1(CCCc2cc(Cl)ccc21)CO3. The molecule has 6 atom stereocenters. The molecule has 6 nitrogen and oxygen atoms in total. The van der Waals surface area contributed by atoms with Gasteiger partial charge in [0.1, 0.15) is 5.75 Å². The van der Waals surface area contributed by atoms with Gasteiger partial charge in [0.05, 0.1) is 17.5 Å². The lowest BCUT2D eigenvalue weighted by molar-refractivity contribution is 0.0981. The van der Waals surface area contributed by atoms with Crippen LogP contribution < -0.4 is 14.4 Å². The molecule has 2 aliphatic heterocycles.